The molecule has 0 radical (unpaired) electrons. The van der Waals surface area contributed by atoms with Crippen LogP contribution in [0, 0.1) is 12.7 Å². The molecule has 5 heteroatoms. The van der Waals surface area contributed by atoms with E-state index in [1.807, 2.05) is 11.8 Å². The molecule has 1 aliphatic heterocycles. The predicted octanol–water partition coefficient (Wildman–Crippen LogP) is 3.07. The van der Waals surface area contributed by atoms with Gasteiger partial charge in [-0.15, -0.1) is 0 Å². The van der Waals surface area contributed by atoms with E-state index in [2.05, 4.69) is 0 Å². The summed E-state index contributed by atoms with van der Waals surface area (Å²) in [7, 11) is 0. The van der Waals surface area contributed by atoms with Crippen LogP contribution in [-0.4, -0.2) is 35.4 Å². The second-order valence-corrected chi connectivity index (χ2v) is 5.80. The average Bonchev–Trinajstić information content (AvgIpc) is 2.78. The highest BCUT2D eigenvalue weighted by molar-refractivity contribution is 7.99. The highest BCUT2D eigenvalue weighted by atomic mass is 32.2. The van der Waals surface area contributed by atoms with E-state index in [1.54, 1.807) is 24.0 Å². The van der Waals surface area contributed by atoms with Gasteiger partial charge in [0.25, 0.3) is 5.91 Å². The van der Waals surface area contributed by atoms with Gasteiger partial charge in [0.2, 0.25) is 0 Å². The van der Waals surface area contributed by atoms with Crippen molar-refractivity contribution in [2.24, 2.45) is 0 Å². The van der Waals surface area contributed by atoms with Crippen LogP contribution >= 0.6 is 11.8 Å². The molecule has 0 N–H and O–H groups in total. The highest BCUT2D eigenvalue weighted by Gasteiger charge is 2.25. The standard InChI is InChI=1S/C14H14FNO2S/c1-9-10-3-2-4-11(15)13(10)18-12(9)14(17)16-5-7-19-8-6-16/h2-4H,5-8H2,1H3. The monoisotopic (exact) mass is 279 g/mol. The maximum Gasteiger partial charge on any atom is 0.289 e. The summed E-state index contributed by atoms with van der Waals surface area (Å²) in [6.45, 7) is 3.25. The molecule has 1 aromatic heterocycles. The molecular weight excluding hydrogens is 265 g/mol. The molecule has 3 rings (SSSR count). The first-order valence-electron chi connectivity index (χ1n) is 6.23. The first-order valence-corrected chi connectivity index (χ1v) is 7.38. The Morgan fingerprint density at radius 3 is 2.79 bits per heavy atom. The van der Waals surface area contributed by atoms with Crippen molar-refractivity contribution in [2.45, 2.75) is 6.92 Å². The number of hydrogen-bond acceptors (Lipinski definition) is 3. The zero-order chi connectivity index (χ0) is 13.4. The maximum atomic E-state index is 13.7. The van der Waals surface area contributed by atoms with Gasteiger partial charge in [-0.05, 0) is 13.0 Å². The minimum Gasteiger partial charge on any atom is -0.448 e. The predicted molar refractivity (Wildman–Crippen MR) is 74.1 cm³/mol. The Bertz CT molecular complexity index is 632. The number of benzene rings is 1. The maximum absolute atomic E-state index is 13.7. The largest absolute Gasteiger partial charge is 0.448 e. The van der Waals surface area contributed by atoms with Crippen molar-refractivity contribution in [3.05, 3.63) is 35.3 Å². The summed E-state index contributed by atoms with van der Waals surface area (Å²) in [6.07, 6.45) is 0. The van der Waals surface area contributed by atoms with Crippen LogP contribution in [0.25, 0.3) is 11.0 Å². The molecule has 2 heterocycles. The molecular formula is C14H14FNO2S. The number of fused-ring (bicyclic) bond motifs is 1. The SMILES string of the molecule is Cc1c(C(=O)N2CCSCC2)oc2c(F)cccc12. The summed E-state index contributed by atoms with van der Waals surface area (Å²) in [5.41, 5.74) is 0.896. The van der Waals surface area contributed by atoms with Gasteiger partial charge in [0.05, 0.1) is 0 Å². The van der Waals surface area contributed by atoms with Crippen molar-refractivity contribution in [3.8, 4) is 0 Å². The molecule has 0 saturated carbocycles. The fraction of sp³-hybridized carbons (Fsp3) is 0.357. The van der Waals surface area contributed by atoms with E-state index in [-0.39, 0.29) is 17.3 Å². The summed E-state index contributed by atoms with van der Waals surface area (Å²) >= 11 is 1.84. The minimum atomic E-state index is -0.422. The van der Waals surface area contributed by atoms with Gasteiger partial charge in [-0.1, -0.05) is 12.1 Å². The molecule has 0 aliphatic carbocycles. The number of para-hydroxylation sites is 1. The summed E-state index contributed by atoms with van der Waals surface area (Å²) < 4.78 is 19.1. The Morgan fingerprint density at radius 2 is 2.11 bits per heavy atom. The Kier molecular flexibility index (Phi) is 3.22. The lowest BCUT2D eigenvalue weighted by Gasteiger charge is -2.25. The molecule has 0 bridgehead atoms. The lowest BCUT2D eigenvalue weighted by molar-refractivity contribution is 0.0741. The van der Waals surface area contributed by atoms with E-state index in [1.165, 1.54) is 6.07 Å². The molecule has 0 unspecified atom stereocenters. The minimum absolute atomic E-state index is 0.131. The molecule has 1 saturated heterocycles. The van der Waals surface area contributed by atoms with Gasteiger partial charge < -0.3 is 9.32 Å². The molecule has 1 fully saturated rings. The van der Waals surface area contributed by atoms with Crippen molar-refractivity contribution in [1.29, 1.82) is 0 Å². The van der Waals surface area contributed by atoms with Gasteiger partial charge >= 0.3 is 0 Å². The number of aryl methyl sites for hydroxylation is 1. The molecule has 100 valence electrons. The molecule has 0 spiro atoms. The van der Waals surface area contributed by atoms with Crippen molar-refractivity contribution < 1.29 is 13.6 Å². The molecule has 0 atom stereocenters. The summed E-state index contributed by atoms with van der Waals surface area (Å²) in [4.78, 5) is 14.2. The molecule has 2 aromatic rings. The second-order valence-electron chi connectivity index (χ2n) is 4.58. The number of thioether (sulfide) groups is 1. The smallest absolute Gasteiger partial charge is 0.289 e. The van der Waals surface area contributed by atoms with E-state index in [9.17, 15) is 9.18 Å². The molecule has 1 amide bonds. The average molecular weight is 279 g/mol. The Morgan fingerprint density at radius 1 is 1.37 bits per heavy atom. The van der Waals surface area contributed by atoms with Crippen LogP contribution in [0.15, 0.2) is 22.6 Å². The normalized spacial score (nSPS) is 16.0. The fourth-order valence-electron chi connectivity index (χ4n) is 2.32. The van der Waals surface area contributed by atoms with Crippen molar-refractivity contribution in [1.82, 2.24) is 4.90 Å². The third-order valence-corrected chi connectivity index (χ3v) is 4.35. The summed E-state index contributed by atoms with van der Waals surface area (Å²) in [5.74, 6) is 1.60. The zero-order valence-corrected chi connectivity index (χ0v) is 11.4. The van der Waals surface area contributed by atoms with E-state index >= 15 is 0 Å². The second kappa shape index (κ2) is 4.89. The third-order valence-electron chi connectivity index (χ3n) is 3.41. The van der Waals surface area contributed by atoms with Crippen molar-refractivity contribution in [3.63, 3.8) is 0 Å². The number of amides is 1. The van der Waals surface area contributed by atoms with Crippen molar-refractivity contribution >= 4 is 28.6 Å². The van der Waals surface area contributed by atoms with Crippen molar-refractivity contribution in [2.75, 3.05) is 24.6 Å². The first kappa shape index (κ1) is 12.5. The molecule has 19 heavy (non-hydrogen) atoms. The van der Waals surface area contributed by atoms with Crippen LogP contribution in [0.5, 0.6) is 0 Å². The quantitative estimate of drug-likeness (QED) is 0.804. The van der Waals surface area contributed by atoms with Gasteiger partial charge in [0.1, 0.15) is 0 Å². The van der Waals surface area contributed by atoms with Crippen LogP contribution in [0.3, 0.4) is 0 Å². The zero-order valence-electron chi connectivity index (χ0n) is 10.6. The first-order chi connectivity index (χ1) is 9.18. The van der Waals surface area contributed by atoms with E-state index in [4.69, 9.17) is 4.42 Å². The van der Waals surface area contributed by atoms with Gasteiger partial charge in [0, 0.05) is 35.5 Å². The Balaban J connectivity index is 2.02. The van der Waals surface area contributed by atoms with Crippen LogP contribution in [0.4, 0.5) is 4.39 Å². The number of nitrogens with zero attached hydrogens (tertiary/aromatic N) is 1. The van der Waals surface area contributed by atoms with Crippen LogP contribution in [-0.2, 0) is 0 Å². The van der Waals surface area contributed by atoms with E-state index in [0.717, 1.165) is 30.2 Å². The van der Waals surface area contributed by atoms with Gasteiger partial charge in [-0.25, -0.2) is 4.39 Å². The van der Waals surface area contributed by atoms with E-state index < -0.39 is 5.82 Å². The fourth-order valence-corrected chi connectivity index (χ4v) is 3.23. The number of carbonyl (C=O) groups excluding carboxylic acids is 1. The highest BCUT2D eigenvalue weighted by Crippen LogP contribution is 2.28. The van der Waals surface area contributed by atoms with Crippen LogP contribution in [0.1, 0.15) is 16.1 Å². The Hall–Kier alpha value is -1.49. The number of hydrogen-bond donors (Lipinski definition) is 0. The lowest BCUT2D eigenvalue weighted by atomic mass is 10.1. The lowest BCUT2D eigenvalue weighted by Crippen LogP contribution is -2.37. The van der Waals surface area contributed by atoms with Gasteiger partial charge in [0.15, 0.2) is 17.2 Å². The number of rotatable bonds is 1. The third kappa shape index (κ3) is 2.12. The molecule has 1 aliphatic rings. The number of furan rings is 1. The number of carbonyl (C=O) groups is 1. The summed E-state index contributed by atoms with van der Waals surface area (Å²) in [5, 5.41) is 0.676. The summed E-state index contributed by atoms with van der Waals surface area (Å²) in [6, 6.07) is 4.75. The van der Waals surface area contributed by atoms with Crippen LogP contribution < -0.4 is 0 Å². The van der Waals surface area contributed by atoms with E-state index in [0.29, 0.717) is 5.39 Å². The van der Waals surface area contributed by atoms with Crippen LogP contribution in [0.2, 0.25) is 0 Å². The molecule has 1 aromatic carbocycles. The van der Waals surface area contributed by atoms with Gasteiger partial charge in [-0.3, -0.25) is 4.79 Å². The topological polar surface area (TPSA) is 33.5 Å². The van der Waals surface area contributed by atoms with Gasteiger partial charge in [-0.2, -0.15) is 11.8 Å². The number of halogens is 1. The Labute approximate surface area is 114 Å². The molecule has 3 nitrogen and oxygen atoms in total.